The third kappa shape index (κ3) is 2.97. The van der Waals surface area contributed by atoms with Crippen molar-refractivity contribution in [2.75, 3.05) is 26.2 Å². The zero-order chi connectivity index (χ0) is 14.8. The van der Waals surface area contributed by atoms with Crippen molar-refractivity contribution in [3.05, 3.63) is 35.4 Å². The minimum Gasteiger partial charge on any atom is -0.370 e. The summed E-state index contributed by atoms with van der Waals surface area (Å²) in [5.74, 6) is 0.428. The standard InChI is InChI=1S/C17H24N2O2/c1-12-5-3-4-6-15(12)16-10-19(13(2)11-21-16)17(20)14-7-8-18-9-14/h3-6,13-14,16,18H,7-11H2,1-2H3/t13-,14-,16+/m1/s1. The second-order valence-corrected chi connectivity index (χ2v) is 6.21. The van der Waals surface area contributed by atoms with Crippen molar-refractivity contribution < 1.29 is 9.53 Å². The van der Waals surface area contributed by atoms with Gasteiger partial charge in [0.2, 0.25) is 5.91 Å². The summed E-state index contributed by atoms with van der Waals surface area (Å²) in [5, 5.41) is 3.28. The van der Waals surface area contributed by atoms with Gasteiger partial charge in [-0.3, -0.25) is 4.79 Å². The van der Waals surface area contributed by atoms with Crippen LogP contribution in [0.2, 0.25) is 0 Å². The molecule has 4 nitrogen and oxygen atoms in total. The van der Waals surface area contributed by atoms with E-state index in [0.717, 1.165) is 19.5 Å². The van der Waals surface area contributed by atoms with Gasteiger partial charge in [-0.2, -0.15) is 0 Å². The molecule has 2 heterocycles. The Labute approximate surface area is 126 Å². The van der Waals surface area contributed by atoms with Gasteiger partial charge in [0.1, 0.15) is 6.10 Å². The van der Waals surface area contributed by atoms with Crippen molar-refractivity contribution in [3.8, 4) is 0 Å². The topological polar surface area (TPSA) is 41.6 Å². The molecule has 1 aromatic carbocycles. The van der Waals surface area contributed by atoms with Gasteiger partial charge in [-0.15, -0.1) is 0 Å². The molecule has 3 rings (SSSR count). The Morgan fingerprint density at radius 2 is 2.19 bits per heavy atom. The highest BCUT2D eigenvalue weighted by atomic mass is 16.5. The van der Waals surface area contributed by atoms with E-state index in [9.17, 15) is 4.79 Å². The van der Waals surface area contributed by atoms with Gasteiger partial charge in [-0.1, -0.05) is 24.3 Å². The zero-order valence-corrected chi connectivity index (χ0v) is 12.8. The minimum absolute atomic E-state index is 0.000659. The Hall–Kier alpha value is -1.39. The smallest absolute Gasteiger partial charge is 0.227 e. The summed E-state index contributed by atoms with van der Waals surface area (Å²) >= 11 is 0. The summed E-state index contributed by atoms with van der Waals surface area (Å²) < 4.78 is 5.99. The number of carbonyl (C=O) groups is 1. The van der Waals surface area contributed by atoms with E-state index in [4.69, 9.17) is 4.74 Å². The van der Waals surface area contributed by atoms with Crippen LogP contribution in [-0.4, -0.2) is 43.1 Å². The maximum absolute atomic E-state index is 12.7. The van der Waals surface area contributed by atoms with Crippen LogP contribution in [-0.2, 0) is 9.53 Å². The molecule has 1 N–H and O–H groups in total. The molecule has 0 unspecified atom stereocenters. The van der Waals surface area contributed by atoms with Gasteiger partial charge in [0.05, 0.1) is 25.1 Å². The molecule has 0 aromatic heterocycles. The summed E-state index contributed by atoms with van der Waals surface area (Å²) in [6.07, 6.45) is 0.957. The lowest BCUT2D eigenvalue weighted by Crippen LogP contribution is -2.50. The molecular formula is C17H24N2O2. The molecule has 21 heavy (non-hydrogen) atoms. The average Bonchev–Trinajstić information content (AvgIpc) is 3.02. The molecule has 0 saturated carbocycles. The lowest BCUT2D eigenvalue weighted by molar-refractivity contribution is -0.148. The first-order chi connectivity index (χ1) is 10.2. The summed E-state index contributed by atoms with van der Waals surface area (Å²) in [7, 11) is 0. The molecule has 0 aliphatic carbocycles. The second kappa shape index (κ2) is 6.16. The number of nitrogens with one attached hydrogen (secondary N) is 1. The number of aryl methyl sites for hydroxylation is 1. The number of nitrogens with zero attached hydrogens (tertiary/aromatic N) is 1. The van der Waals surface area contributed by atoms with E-state index < -0.39 is 0 Å². The SMILES string of the molecule is Cc1ccccc1[C@@H]1CN(C(=O)[C@@H]2CCNC2)[C@H](C)CO1. The predicted molar refractivity (Wildman–Crippen MR) is 82.0 cm³/mol. The van der Waals surface area contributed by atoms with E-state index in [-0.39, 0.29) is 24.0 Å². The van der Waals surface area contributed by atoms with Crippen molar-refractivity contribution in [2.24, 2.45) is 5.92 Å². The largest absolute Gasteiger partial charge is 0.370 e. The normalized spacial score (nSPS) is 29.6. The Kier molecular flexibility index (Phi) is 4.27. The number of rotatable bonds is 2. The van der Waals surface area contributed by atoms with Crippen LogP contribution < -0.4 is 5.32 Å². The van der Waals surface area contributed by atoms with E-state index >= 15 is 0 Å². The number of carbonyl (C=O) groups excluding carboxylic acids is 1. The highest BCUT2D eigenvalue weighted by molar-refractivity contribution is 5.80. The molecule has 114 valence electrons. The first-order valence-electron chi connectivity index (χ1n) is 7.85. The highest BCUT2D eigenvalue weighted by Crippen LogP contribution is 2.28. The first-order valence-corrected chi connectivity index (χ1v) is 7.85. The Bertz CT molecular complexity index is 511. The number of hydrogen-bond acceptors (Lipinski definition) is 3. The fourth-order valence-electron chi connectivity index (χ4n) is 3.30. The van der Waals surface area contributed by atoms with Crippen LogP contribution in [0.4, 0.5) is 0 Å². The molecular weight excluding hydrogens is 264 g/mol. The van der Waals surface area contributed by atoms with Crippen molar-refractivity contribution >= 4 is 5.91 Å². The summed E-state index contributed by atoms with van der Waals surface area (Å²) in [4.78, 5) is 14.7. The van der Waals surface area contributed by atoms with Crippen molar-refractivity contribution in [2.45, 2.75) is 32.4 Å². The molecule has 2 fully saturated rings. The van der Waals surface area contributed by atoms with Gasteiger partial charge in [-0.05, 0) is 37.9 Å². The molecule has 2 aliphatic rings. The lowest BCUT2D eigenvalue weighted by Gasteiger charge is -2.39. The Morgan fingerprint density at radius 1 is 1.38 bits per heavy atom. The molecule has 2 saturated heterocycles. The maximum atomic E-state index is 12.7. The molecule has 3 atom stereocenters. The minimum atomic E-state index is 0.000659. The van der Waals surface area contributed by atoms with Gasteiger partial charge in [0.15, 0.2) is 0 Å². The van der Waals surface area contributed by atoms with E-state index in [1.54, 1.807) is 0 Å². The van der Waals surface area contributed by atoms with Gasteiger partial charge < -0.3 is 15.0 Å². The quantitative estimate of drug-likeness (QED) is 0.903. The van der Waals surface area contributed by atoms with E-state index in [1.165, 1.54) is 11.1 Å². The third-order valence-electron chi connectivity index (χ3n) is 4.66. The van der Waals surface area contributed by atoms with Gasteiger partial charge in [0.25, 0.3) is 0 Å². The molecule has 1 amide bonds. The van der Waals surface area contributed by atoms with Crippen LogP contribution in [0.5, 0.6) is 0 Å². The number of benzene rings is 1. The number of ether oxygens (including phenoxy) is 1. The van der Waals surface area contributed by atoms with Crippen molar-refractivity contribution in [1.82, 2.24) is 10.2 Å². The monoisotopic (exact) mass is 288 g/mol. The number of hydrogen-bond donors (Lipinski definition) is 1. The molecule has 0 radical (unpaired) electrons. The van der Waals surface area contributed by atoms with Crippen LogP contribution in [0.1, 0.15) is 30.6 Å². The summed E-state index contributed by atoms with van der Waals surface area (Å²) in [6, 6.07) is 8.45. The number of amides is 1. The third-order valence-corrected chi connectivity index (χ3v) is 4.66. The number of morpholine rings is 1. The van der Waals surface area contributed by atoms with Gasteiger partial charge in [-0.25, -0.2) is 0 Å². The Morgan fingerprint density at radius 3 is 2.90 bits per heavy atom. The second-order valence-electron chi connectivity index (χ2n) is 6.21. The van der Waals surface area contributed by atoms with Crippen molar-refractivity contribution in [1.29, 1.82) is 0 Å². The van der Waals surface area contributed by atoms with Crippen LogP contribution in [0.15, 0.2) is 24.3 Å². The van der Waals surface area contributed by atoms with Crippen LogP contribution in [0.25, 0.3) is 0 Å². The fourth-order valence-corrected chi connectivity index (χ4v) is 3.30. The van der Waals surface area contributed by atoms with Crippen LogP contribution >= 0.6 is 0 Å². The molecule has 0 bridgehead atoms. The molecule has 4 heteroatoms. The summed E-state index contributed by atoms with van der Waals surface area (Å²) in [5.41, 5.74) is 2.43. The van der Waals surface area contributed by atoms with E-state index in [1.807, 2.05) is 17.0 Å². The lowest BCUT2D eigenvalue weighted by atomic mass is 9.99. The van der Waals surface area contributed by atoms with Crippen molar-refractivity contribution in [3.63, 3.8) is 0 Å². The molecule has 0 spiro atoms. The first kappa shape index (κ1) is 14.5. The maximum Gasteiger partial charge on any atom is 0.227 e. The van der Waals surface area contributed by atoms with E-state index in [0.29, 0.717) is 13.2 Å². The summed E-state index contributed by atoms with van der Waals surface area (Å²) in [6.45, 7) is 7.23. The molecule has 2 aliphatic heterocycles. The van der Waals surface area contributed by atoms with Gasteiger partial charge in [0, 0.05) is 6.54 Å². The highest BCUT2D eigenvalue weighted by Gasteiger charge is 2.35. The average molecular weight is 288 g/mol. The van der Waals surface area contributed by atoms with Gasteiger partial charge >= 0.3 is 0 Å². The fraction of sp³-hybridized carbons (Fsp3) is 0.588. The molecule has 1 aromatic rings. The van der Waals surface area contributed by atoms with Crippen LogP contribution in [0, 0.1) is 12.8 Å². The van der Waals surface area contributed by atoms with Crippen LogP contribution in [0.3, 0.4) is 0 Å². The Balaban J connectivity index is 1.75. The van der Waals surface area contributed by atoms with E-state index in [2.05, 4.69) is 31.3 Å². The predicted octanol–water partition coefficient (Wildman–Crippen LogP) is 1.89. The zero-order valence-electron chi connectivity index (χ0n) is 12.8.